The minimum absolute atomic E-state index is 0.0556. The van der Waals surface area contributed by atoms with Crippen molar-refractivity contribution < 1.29 is 14.3 Å². The number of hydrogen-bond donors (Lipinski definition) is 0. The number of ether oxygens (including phenoxy) is 2. The van der Waals surface area contributed by atoms with Crippen LogP contribution in [-0.2, 0) is 11.8 Å². The molecule has 1 fully saturated rings. The molecule has 1 atom stereocenters. The zero-order chi connectivity index (χ0) is 18.7. The summed E-state index contributed by atoms with van der Waals surface area (Å²) in [6.45, 7) is 2.97. The number of hydrogen-bond acceptors (Lipinski definition) is 4. The molecule has 1 aliphatic rings. The van der Waals surface area contributed by atoms with Crippen LogP contribution in [0.15, 0.2) is 24.3 Å². The first-order valence-electron chi connectivity index (χ1n) is 9.18. The van der Waals surface area contributed by atoms with Gasteiger partial charge in [-0.25, -0.2) is 0 Å². The smallest absolute Gasteiger partial charge is 0.270 e. The summed E-state index contributed by atoms with van der Waals surface area (Å²) in [5, 5.41) is 1.01. The zero-order valence-electron chi connectivity index (χ0n) is 16.2. The first kappa shape index (κ1) is 18.7. The zero-order valence-corrected chi connectivity index (χ0v) is 16.2. The van der Waals surface area contributed by atoms with Crippen LogP contribution in [0, 0.1) is 0 Å². The van der Waals surface area contributed by atoms with E-state index in [9.17, 15) is 4.79 Å². The average molecular weight is 359 g/mol. The van der Waals surface area contributed by atoms with E-state index in [0.29, 0.717) is 18.8 Å². The minimum Gasteiger partial charge on any atom is -0.497 e. The normalized spacial score (nSPS) is 17.2. The summed E-state index contributed by atoms with van der Waals surface area (Å²) in [4.78, 5) is 17.3. The van der Waals surface area contributed by atoms with Crippen LogP contribution in [0.3, 0.4) is 0 Å². The number of amides is 1. The molecular weight excluding hydrogens is 330 g/mol. The van der Waals surface area contributed by atoms with Crippen LogP contribution in [-0.4, -0.2) is 73.8 Å². The molecule has 6 nitrogen and oxygen atoms in total. The van der Waals surface area contributed by atoms with Crippen molar-refractivity contribution in [2.24, 2.45) is 7.05 Å². The van der Waals surface area contributed by atoms with E-state index < -0.39 is 0 Å². The molecule has 1 aliphatic heterocycles. The summed E-state index contributed by atoms with van der Waals surface area (Å²) in [6.07, 6.45) is 2.25. The standard InChI is InChI=1S/C20H29N3O3/c1-21(2)9-10-23(14-17-6-5-11-26-17)20(24)19-13-15-12-16(25-4)7-8-18(15)22(19)3/h7-8,12-13,17H,5-6,9-11,14H2,1-4H3. The molecule has 1 aromatic heterocycles. The molecule has 1 saturated heterocycles. The maximum absolute atomic E-state index is 13.3. The summed E-state index contributed by atoms with van der Waals surface area (Å²) in [7, 11) is 7.65. The molecular formula is C20H29N3O3. The topological polar surface area (TPSA) is 46.9 Å². The number of rotatable bonds is 7. The third-order valence-electron chi connectivity index (χ3n) is 5.02. The maximum Gasteiger partial charge on any atom is 0.270 e. The summed E-state index contributed by atoms with van der Waals surface area (Å²) >= 11 is 0. The van der Waals surface area contributed by atoms with Crippen molar-refractivity contribution in [2.45, 2.75) is 18.9 Å². The molecule has 26 heavy (non-hydrogen) atoms. The van der Waals surface area contributed by atoms with Crippen LogP contribution in [0.5, 0.6) is 5.75 Å². The van der Waals surface area contributed by atoms with Crippen molar-refractivity contribution >= 4 is 16.8 Å². The van der Waals surface area contributed by atoms with Gasteiger partial charge in [0.2, 0.25) is 0 Å². The van der Waals surface area contributed by atoms with Crippen molar-refractivity contribution in [3.8, 4) is 5.75 Å². The molecule has 0 bridgehead atoms. The highest BCUT2D eigenvalue weighted by Crippen LogP contribution is 2.25. The fraction of sp³-hybridized carbons (Fsp3) is 0.550. The number of carbonyl (C=O) groups is 1. The summed E-state index contributed by atoms with van der Waals surface area (Å²) < 4.78 is 13.0. The highest BCUT2D eigenvalue weighted by molar-refractivity contribution is 5.99. The Labute approximate surface area is 155 Å². The van der Waals surface area contributed by atoms with Gasteiger partial charge in [0.05, 0.1) is 13.2 Å². The van der Waals surface area contributed by atoms with Crippen LogP contribution >= 0.6 is 0 Å². The first-order chi connectivity index (χ1) is 12.5. The summed E-state index contributed by atoms with van der Waals surface area (Å²) in [6, 6.07) is 7.84. The van der Waals surface area contributed by atoms with Gasteiger partial charge in [-0.3, -0.25) is 4.79 Å². The van der Waals surface area contributed by atoms with Crippen LogP contribution in [0.4, 0.5) is 0 Å². The van der Waals surface area contributed by atoms with Crippen molar-refractivity contribution in [2.75, 3.05) is 47.4 Å². The van der Waals surface area contributed by atoms with E-state index in [-0.39, 0.29) is 12.0 Å². The number of methoxy groups -OCH3 is 1. The van der Waals surface area contributed by atoms with Crippen molar-refractivity contribution in [3.63, 3.8) is 0 Å². The number of benzene rings is 1. The van der Waals surface area contributed by atoms with Crippen molar-refractivity contribution in [1.82, 2.24) is 14.4 Å². The summed E-state index contributed by atoms with van der Waals surface area (Å²) in [5.74, 6) is 0.853. The Kier molecular flexibility index (Phi) is 5.84. The fourth-order valence-electron chi connectivity index (χ4n) is 3.45. The Morgan fingerprint density at radius 3 is 2.77 bits per heavy atom. The van der Waals surface area contributed by atoms with Gasteiger partial charge in [0.15, 0.2) is 0 Å². The van der Waals surface area contributed by atoms with Gasteiger partial charge in [-0.2, -0.15) is 0 Å². The van der Waals surface area contributed by atoms with E-state index in [0.717, 1.165) is 42.6 Å². The molecule has 3 rings (SSSR count). The second-order valence-electron chi connectivity index (χ2n) is 7.20. The monoisotopic (exact) mass is 359 g/mol. The van der Waals surface area contributed by atoms with Gasteiger partial charge in [0.1, 0.15) is 11.4 Å². The summed E-state index contributed by atoms with van der Waals surface area (Å²) in [5.41, 5.74) is 1.73. The van der Waals surface area contributed by atoms with E-state index in [1.807, 2.05) is 54.9 Å². The Morgan fingerprint density at radius 1 is 1.31 bits per heavy atom. The molecule has 0 aliphatic carbocycles. The lowest BCUT2D eigenvalue weighted by molar-refractivity contribution is 0.0505. The van der Waals surface area contributed by atoms with Gasteiger partial charge < -0.3 is 23.8 Å². The second kappa shape index (κ2) is 8.10. The lowest BCUT2D eigenvalue weighted by atomic mass is 10.2. The molecule has 0 saturated carbocycles. The number of aromatic nitrogens is 1. The first-order valence-corrected chi connectivity index (χ1v) is 9.18. The van der Waals surface area contributed by atoms with E-state index in [4.69, 9.17) is 9.47 Å². The third kappa shape index (κ3) is 4.02. The molecule has 6 heteroatoms. The molecule has 1 unspecified atom stereocenters. The Morgan fingerprint density at radius 2 is 2.12 bits per heavy atom. The van der Waals surface area contributed by atoms with Gasteiger partial charge in [-0.05, 0) is 51.2 Å². The fourth-order valence-corrected chi connectivity index (χ4v) is 3.45. The van der Waals surface area contributed by atoms with E-state index in [2.05, 4.69) is 4.90 Å². The predicted octanol–water partition coefficient (Wildman–Crippen LogP) is 2.37. The largest absolute Gasteiger partial charge is 0.497 e. The maximum atomic E-state index is 13.3. The Hall–Kier alpha value is -2.05. The van der Waals surface area contributed by atoms with Gasteiger partial charge >= 0.3 is 0 Å². The number of fused-ring (bicyclic) bond motifs is 1. The minimum atomic E-state index is 0.0556. The number of carbonyl (C=O) groups excluding carboxylic acids is 1. The molecule has 2 heterocycles. The van der Waals surface area contributed by atoms with Crippen LogP contribution in [0.1, 0.15) is 23.3 Å². The molecule has 1 amide bonds. The van der Waals surface area contributed by atoms with Gasteiger partial charge in [-0.1, -0.05) is 0 Å². The SMILES string of the molecule is COc1ccc2c(c1)cc(C(=O)N(CCN(C)C)CC1CCCO1)n2C. The third-order valence-corrected chi connectivity index (χ3v) is 5.02. The van der Waals surface area contributed by atoms with Crippen LogP contribution in [0.2, 0.25) is 0 Å². The average Bonchev–Trinajstić information content (AvgIpc) is 3.25. The number of nitrogens with zero attached hydrogens (tertiary/aromatic N) is 3. The molecule has 0 spiro atoms. The Bertz CT molecular complexity index is 763. The second-order valence-corrected chi connectivity index (χ2v) is 7.20. The van der Waals surface area contributed by atoms with E-state index in [1.54, 1.807) is 7.11 Å². The van der Waals surface area contributed by atoms with Crippen molar-refractivity contribution in [3.05, 3.63) is 30.0 Å². The van der Waals surface area contributed by atoms with E-state index >= 15 is 0 Å². The van der Waals surface area contributed by atoms with Crippen LogP contribution < -0.4 is 4.74 Å². The number of aryl methyl sites for hydroxylation is 1. The molecule has 0 radical (unpaired) electrons. The van der Waals surface area contributed by atoms with Crippen molar-refractivity contribution in [1.29, 1.82) is 0 Å². The highest BCUT2D eigenvalue weighted by atomic mass is 16.5. The van der Waals surface area contributed by atoms with E-state index in [1.165, 1.54) is 0 Å². The van der Waals surface area contributed by atoms with Gasteiger partial charge in [0, 0.05) is 44.2 Å². The molecule has 1 aromatic carbocycles. The Balaban J connectivity index is 1.86. The van der Waals surface area contributed by atoms with Crippen LogP contribution in [0.25, 0.3) is 10.9 Å². The predicted molar refractivity (Wildman–Crippen MR) is 103 cm³/mol. The molecule has 142 valence electrons. The van der Waals surface area contributed by atoms with Gasteiger partial charge in [0.25, 0.3) is 5.91 Å². The lowest BCUT2D eigenvalue weighted by Gasteiger charge is -2.27. The molecule has 2 aromatic rings. The quantitative estimate of drug-likeness (QED) is 0.761. The number of likely N-dealkylation sites (N-methyl/N-ethyl adjacent to an activating group) is 1. The van der Waals surface area contributed by atoms with Gasteiger partial charge in [-0.15, -0.1) is 0 Å². The lowest BCUT2D eigenvalue weighted by Crippen LogP contribution is -2.41. The molecule has 0 N–H and O–H groups in total. The highest BCUT2D eigenvalue weighted by Gasteiger charge is 2.25.